The largest absolute Gasteiger partial charge is 0.383 e. The summed E-state index contributed by atoms with van der Waals surface area (Å²) >= 11 is 0. The number of aryl methyl sites for hydroxylation is 1. The quantitative estimate of drug-likeness (QED) is 0.606. The minimum Gasteiger partial charge on any atom is -0.383 e. The van der Waals surface area contributed by atoms with Crippen LogP contribution in [0.2, 0.25) is 0 Å². The molecule has 1 amide bonds. The highest BCUT2D eigenvalue weighted by Gasteiger charge is 2.27. The summed E-state index contributed by atoms with van der Waals surface area (Å²) in [6, 6.07) is 11.1. The van der Waals surface area contributed by atoms with Crippen LogP contribution in [0, 0.1) is 0 Å². The fourth-order valence-electron chi connectivity index (χ4n) is 3.02. The average molecular weight is 408 g/mol. The number of benzene rings is 1. The van der Waals surface area contributed by atoms with Gasteiger partial charge in [-0.2, -0.15) is 4.31 Å². The van der Waals surface area contributed by atoms with E-state index in [0.29, 0.717) is 38.5 Å². The third-order valence-electron chi connectivity index (χ3n) is 4.61. The van der Waals surface area contributed by atoms with Gasteiger partial charge in [0.1, 0.15) is 10.6 Å². The van der Waals surface area contributed by atoms with Crippen LogP contribution >= 0.6 is 0 Å². The van der Waals surface area contributed by atoms with Gasteiger partial charge in [0.15, 0.2) is 0 Å². The molecule has 0 aliphatic heterocycles. The number of hydrogen-bond acceptors (Lipinski definition) is 4. The number of methoxy groups -OCH3 is 1. The lowest BCUT2D eigenvalue weighted by molar-refractivity contribution is 0.0671. The van der Waals surface area contributed by atoms with Crippen molar-refractivity contribution >= 4 is 15.9 Å². The molecule has 2 aromatic rings. The first-order valence-corrected chi connectivity index (χ1v) is 10.8. The maximum atomic E-state index is 13.2. The number of amides is 1. The highest BCUT2D eigenvalue weighted by Crippen LogP contribution is 2.20. The van der Waals surface area contributed by atoms with Crippen LogP contribution in [0.1, 0.15) is 29.9 Å². The molecule has 154 valence electrons. The number of carbonyl (C=O) groups excluding carboxylic acids is 1. The molecule has 8 heteroatoms. The second-order valence-corrected chi connectivity index (χ2v) is 8.40. The summed E-state index contributed by atoms with van der Waals surface area (Å²) in [6.07, 6.45) is 1.50. The summed E-state index contributed by atoms with van der Waals surface area (Å²) in [5.74, 6) is -0.232. The highest BCUT2D eigenvalue weighted by atomic mass is 32.2. The molecule has 1 aromatic carbocycles. The summed E-state index contributed by atoms with van der Waals surface area (Å²) in [7, 11) is -0.349. The monoisotopic (exact) mass is 407 g/mol. The minimum absolute atomic E-state index is 0.133. The molecule has 0 aliphatic rings. The van der Waals surface area contributed by atoms with Crippen molar-refractivity contribution in [3.63, 3.8) is 0 Å². The summed E-state index contributed by atoms with van der Waals surface area (Å²) < 4.78 is 33.7. The number of ether oxygens (including phenoxy) is 1. The van der Waals surface area contributed by atoms with Gasteiger partial charge in [0, 0.05) is 46.5 Å². The van der Waals surface area contributed by atoms with Gasteiger partial charge >= 0.3 is 0 Å². The van der Waals surface area contributed by atoms with Gasteiger partial charge in [0.25, 0.3) is 5.91 Å². The van der Waals surface area contributed by atoms with Gasteiger partial charge < -0.3 is 14.2 Å². The first-order chi connectivity index (χ1) is 13.3. The van der Waals surface area contributed by atoms with E-state index < -0.39 is 10.0 Å². The van der Waals surface area contributed by atoms with Crippen molar-refractivity contribution in [2.45, 2.75) is 25.3 Å². The third kappa shape index (κ3) is 5.01. The third-order valence-corrected chi connectivity index (χ3v) is 6.63. The van der Waals surface area contributed by atoms with Crippen molar-refractivity contribution in [1.82, 2.24) is 13.8 Å². The molecular formula is C20H29N3O4S. The molecule has 0 aliphatic carbocycles. The van der Waals surface area contributed by atoms with Crippen LogP contribution in [0.15, 0.2) is 47.5 Å². The zero-order chi connectivity index (χ0) is 20.7. The van der Waals surface area contributed by atoms with Gasteiger partial charge in [-0.15, -0.1) is 0 Å². The number of aromatic nitrogens is 1. The standard InChI is InChI=1S/C20H29N3O4S/c1-5-23(6-2)28(25,26)18-14-19(21(3)16-18)20(24)22(12-13-27-4)15-17-10-8-7-9-11-17/h7-11,14,16H,5-6,12-13,15H2,1-4H3. The van der Waals surface area contributed by atoms with E-state index in [1.807, 2.05) is 30.3 Å². The molecule has 0 unspecified atom stereocenters. The van der Waals surface area contributed by atoms with Crippen molar-refractivity contribution in [3.8, 4) is 0 Å². The molecule has 0 saturated heterocycles. The zero-order valence-corrected chi connectivity index (χ0v) is 17.8. The van der Waals surface area contributed by atoms with Crippen LogP contribution in [0.25, 0.3) is 0 Å². The number of nitrogens with zero attached hydrogens (tertiary/aromatic N) is 3. The van der Waals surface area contributed by atoms with Crippen LogP contribution in [0.5, 0.6) is 0 Å². The first-order valence-electron chi connectivity index (χ1n) is 9.33. The summed E-state index contributed by atoms with van der Waals surface area (Å²) in [6.45, 7) is 5.58. The Kier molecular flexibility index (Phi) is 7.79. The molecule has 0 N–H and O–H groups in total. The molecule has 2 rings (SSSR count). The topological polar surface area (TPSA) is 71.8 Å². The van der Waals surface area contributed by atoms with E-state index in [0.717, 1.165) is 5.56 Å². The summed E-state index contributed by atoms with van der Waals surface area (Å²) in [4.78, 5) is 15.0. The maximum Gasteiger partial charge on any atom is 0.270 e. The van der Waals surface area contributed by atoms with Gasteiger partial charge in [-0.1, -0.05) is 44.2 Å². The average Bonchev–Trinajstić information content (AvgIpc) is 3.08. The SMILES string of the molecule is CCN(CC)S(=O)(=O)c1cc(C(=O)N(CCOC)Cc2ccccc2)n(C)c1. The predicted molar refractivity (Wildman–Crippen MR) is 109 cm³/mol. The summed E-state index contributed by atoms with van der Waals surface area (Å²) in [5, 5.41) is 0. The Labute approximate surface area is 167 Å². The molecule has 28 heavy (non-hydrogen) atoms. The normalized spacial score (nSPS) is 11.8. The Balaban J connectivity index is 2.33. The van der Waals surface area contributed by atoms with E-state index in [-0.39, 0.29) is 10.8 Å². The molecule has 0 spiro atoms. The molecule has 0 atom stereocenters. The van der Waals surface area contributed by atoms with Crippen molar-refractivity contribution in [2.75, 3.05) is 33.4 Å². The Morgan fingerprint density at radius 2 is 1.79 bits per heavy atom. The van der Waals surface area contributed by atoms with Crippen LogP contribution in [0.3, 0.4) is 0 Å². The molecule has 7 nitrogen and oxygen atoms in total. The second kappa shape index (κ2) is 9.86. The van der Waals surface area contributed by atoms with Crippen LogP contribution in [0.4, 0.5) is 0 Å². The predicted octanol–water partition coefficient (Wildman–Crippen LogP) is 2.34. The van der Waals surface area contributed by atoms with Crippen molar-refractivity contribution in [3.05, 3.63) is 53.9 Å². The molecule has 1 heterocycles. The fourth-order valence-corrected chi connectivity index (χ4v) is 4.55. The van der Waals surface area contributed by atoms with Crippen molar-refractivity contribution < 1.29 is 17.9 Å². The molecule has 1 aromatic heterocycles. The van der Waals surface area contributed by atoms with Crippen LogP contribution in [-0.4, -0.2) is 61.4 Å². The van der Waals surface area contributed by atoms with Crippen LogP contribution < -0.4 is 0 Å². The fraction of sp³-hybridized carbons (Fsp3) is 0.450. The lowest BCUT2D eigenvalue weighted by atomic mass is 10.2. The lowest BCUT2D eigenvalue weighted by Crippen LogP contribution is -2.34. The first kappa shape index (κ1) is 22.1. The second-order valence-electron chi connectivity index (χ2n) is 6.47. The van der Waals surface area contributed by atoms with E-state index in [1.165, 1.54) is 16.6 Å². The van der Waals surface area contributed by atoms with E-state index >= 15 is 0 Å². The number of carbonyl (C=O) groups is 1. The van der Waals surface area contributed by atoms with Crippen molar-refractivity contribution in [2.24, 2.45) is 7.05 Å². The molecule has 0 saturated carbocycles. The van der Waals surface area contributed by atoms with Gasteiger partial charge in [0.05, 0.1) is 6.61 Å². The summed E-state index contributed by atoms with van der Waals surface area (Å²) in [5.41, 5.74) is 1.33. The number of hydrogen-bond donors (Lipinski definition) is 0. The molecule has 0 fully saturated rings. The molecular weight excluding hydrogens is 378 g/mol. The van der Waals surface area contributed by atoms with E-state index in [4.69, 9.17) is 4.74 Å². The molecule has 0 radical (unpaired) electrons. The minimum atomic E-state index is -3.62. The maximum absolute atomic E-state index is 13.2. The number of sulfonamides is 1. The van der Waals surface area contributed by atoms with Gasteiger partial charge in [0.2, 0.25) is 10.0 Å². The smallest absolute Gasteiger partial charge is 0.270 e. The van der Waals surface area contributed by atoms with E-state index in [9.17, 15) is 13.2 Å². The zero-order valence-electron chi connectivity index (χ0n) is 17.0. The highest BCUT2D eigenvalue weighted by molar-refractivity contribution is 7.89. The lowest BCUT2D eigenvalue weighted by Gasteiger charge is -2.22. The Bertz CT molecular complexity index is 874. The van der Waals surface area contributed by atoms with E-state index in [2.05, 4.69) is 0 Å². The molecule has 0 bridgehead atoms. The van der Waals surface area contributed by atoms with Crippen LogP contribution in [-0.2, 0) is 28.4 Å². The van der Waals surface area contributed by atoms with Gasteiger partial charge in [-0.3, -0.25) is 4.79 Å². The Morgan fingerprint density at radius 1 is 1.14 bits per heavy atom. The van der Waals surface area contributed by atoms with Gasteiger partial charge in [-0.05, 0) is 11.6 Å². The Morgan fingerprint density at radius 3 is 2.36 bits per heavy atom. The van der Waals surface area contributed by atoms with Crippen molar-refractivity contribution in [1.29, 1.82) is 0 Å². The van der Waals surface area contributed by atoms with E-state index in [1.54, 1.807) is 37.5 Å². The van der Waals surface area contributed by atoms with Gasteiger partial charge in [-0.25, -0.2) is 8.42 Å². The Hall–Kier alpha value is -2.16. The number of rotatable bonds is 10.